The zero-order valence-electron chi connectivity index (χ0n) is 12.4. The van der Waals surface area contributed by atoms with Gasteiger partial charge in [0.05, 0.1) is 0 Å². The van der Waals surface area contributed by atoms with Crippen LogP contribution in [0.3, 0.4) is 0 Å². The summed E-state index contributed by atoms with van der Waals surface area (Å²) >= 11 is 0. The fourth-order valence-corrected chi connectivity index (χ4v) is 3.18. The van der Waals surface area contributed by atoms with E-state index < -0.39 is 0 Å². The van der Waals surface area contributed by atoms with Crippen LogP contribution in [0.4, 0.5) is 0 Å². The number of benzene rings is 1. The first-order valence-corrected chi connectivity index (χ1v) is 7.45. The van der Waals surface area contributed by atoms with Crippen LogP contribution >= 0.6 is 0 Å². The molecule has 0 saturated carbocycles. The number of Topliss-reactive ketones (excluding diaryl/α,β-unsaturated/α-hetero) is 1. The van der Waals surface area contributed by atoms with Crippen LogP contribution in [0, 0.1) is 13.8 Å². The summed E-state index contributed by atoms with van der Waals surface area (Å²) in [6, 6.07) is 6.84. The molecule has 2 rings (SSSR count). The molecule has 1 aliphatic rings. The Hall–Kier alpha value is -1.15. The van der Waals surface area contributed by atoms with E-state index in [9.17, 15) is 4.79 Å². The Balaban J connectivity index is 1.94. The Morgan fingerprint density at radius 1 is 1.26 bits per heavy atom. The second-order valence-corrected chi connectivity index (χ2v) is 5.79. The van der Waals surface area contributed by atoms with Gasteiger partial charge < -0.3 is 0 Å². The van der Waals surface area contributed by atoms with E-state index in [0.29, 0.717) is 12.5 Å². The maximum atomic E-state index is 12.3. The highest BCUT2D eigenvalue weighted by Gasteiger charge is 2.23. The highest BCUT2D eigenvalue weighted by Crippen LogP contribution is 2.20. The van der Waals surface area contributed by atoms with Crippen molar-refractivity contribution in [2.45, 2.75) is 52.5 Å². The van der Waals surface area contributed by atoms with Crippen molar-refractivity contribution in [1.82, 2.24) is 4.90 Å². The monoisotopic (exact) mass is 259 g/mol. The molecule has 0 bridgehead atoms. The molecule has 1 aromatic rings. The van der Waals surface area contributed by atoms with Crippen molar-refractivity contribution in [3.05, 3.63) is 34.9 Å². The van der Waals surface area contributed by atoms with Crippen LogP contribution in [-0.4, -0.2) is 29.8 Å². The van der Waals surface area contributed by atoms with Crippen molar-refractivity contribution in [2.75, 3.05) is 13.1 Å². The average Bonchev–Trinajstić information content (AvgIpc) is 2.82. The Morgan fingerprint density at radius 2 is 1.95 bits per heavy atom. The Labute approximate surface area is 116 Å². The number of carbonyl (C=O) groups excluding carboxylic acids is 1. The van der Waals surface area contributed by atoms with Gasteiger partial charge in [0, 0.05) is 24.6 Å². The van der Waals surface area contributed by atoms with Gasteiger partial charge in [0.25, 0.3) is 0 Å². The summed E-state index contributed by atoms with van der Waals surface area (Å²) < 4.78 is 0. The molecule has 104 valence electrons. The fraction of sp³-hybridized carbons (Fsp3) is 0.588. The van der Waals surface area contributed by atoms with Crippen molar-refractivity contribution < 1.29 is 4.79 Å². The van der Waals surface area contributed by atoms with Crippen molar-refractivity contribution >= 4 is 5.78 Å². The van der Waals surface area contributed by atoms with Crippen molar-refractivity contribution in [1.29, 1.82) is 0 Å². The van der Waals surface area contributed by atoms with Crippen molar-refractivity contribution in [2.24, 2.45) is 0 Å². The summed E-state index contributed by atoms with van der Waals surface area (Å²) in [7, 11) is 0. The minimum atomic E-state index is 0.286. The van der Waals surface area contributed by atoms with Gasteiger partial charge in [-0.15, -0.1) is 0 Å². The molecular formula is C17H25NO. The molecule has 1 unspecified atom stereocenters. The molecule has 1 aliphatic heterocycles. The van der Waals surface area contributed by atoms with Crippen LogP contribution in [0.1, 0.15) is 54.1 Å². The molecule has 0 aliphatic carbocycles. The lowest BCUT2D eigenvalue weighted by Gasteiger charge is -2.22. The number of ketones is 1. The predicted molar refractivity (Wildman–Crippen MR) is 79.7 cm³/mol. The third kappa shape index (κ3) is 3.66. The summed E-state index contributed by atoms with van der Waals surface area (Å²) in [6.07, 6.45) is 4.45. The highest BCUT2D eigenvalue weighted by molar-refractivity contribution is 5.96. The minimum absolute atomic E-state index is 0.286. The summed E-state index contributed by atoms with van der Waals surface area (Å²) in [4.78, 5) is 14.8. The predicted octanol–water partition coefficient (Wildman–Crippen LogP) is 3.75. The molecule has 0 spiro atoms. The third-order valence-electron chi connectivity index (χ3n) is 4.14. The maximum absolute atomic E-state index is 12.3. The quantitative estimate of drug-likeness (QED) is 0.751. The first-order valence-electron chi connectivity index (χ1n) is 7.45. The van der Waals surface area contributed by atoms with E-state index in [4.69, 9.17) is 0 Å². The SMILES string of the molecule is CCC1CCCN1CCC(=O)c1cc(C)cc(C)c1. The first-order chi connectivity index (χ1) is 9.10. The fourth-order valence-electron chi connectivity index (χ4n) is 3.18. The third-order valence-corrected chi connectivity index (χ3v) is 4.14. The van der Waals surface area contributed by atoms with Crippen LogP contribution < -0.4 is 0 Å². The number of hydrogen-bond donors (Lipinski definition) is 0. The summed E-state index contributed by atoms with van der Waals surface area (Å²) in [5, 5.41) is 0. The molecule has 0 N–H and O–H groups in total. The molecule has 2 heteroatoms. The lowest BCUT2D eigenvalue weighted by atomic mass is 10.0. The molecule has 1 aromatic carbocycles. The molecule has 19 heavy (non-hydrogen) atoms. The summed E-state index contributed by atoms with van der Waals surface area (Å²) in [6.45, 7) is 8.44. The normalized spacial score (nSPS) is 19.8. The van der Waals surface area contributed by atoms with Gasteiger partial charge in [-0.3, -0.25) is 9.69 Å². The lowest BCUT2D eigenvalue weighted by molar-refractivity contribution is 0.0960. The van der Waals surface area contributed by atoms with E-state index in [1.165, 1.54) is 36.9 Å². The van der Waals surface area contributed by atoms with Gasteiger partial charge in [-0.05, 0) is 51.8 Å². The van der Waals surface area contributed by atoms with Crippen LogP contribution in [0.25, 0.3) is 0 Å². The first kappa shape index (κ1) is 14.3. The van der Waals surface area contributed by atoms with Gasteiger partial charge in [-0.2, -0.15) is 0 Å². The van der Waals surface area contributed by atoms with Gasteiger partial charge in [0.1, 0.15) is 0 Å². The standard InChI is InChI=1S/C17H25NO/c1-4-16-6-5-8-18(16)9-7-17(19)15-11-13(2)10-14(3)12-15/h10-12,16H,4-9H2,1-3H3. The number of likely N-dealkylation sites (tertiary alicyclic amines) is 1. The minimum Gasteiger partial charge on any atom is -0.300 e. The van der Waals surface area contributed by atoms with Crippen molar-refractivity contribution in [3.8, 4) is 0 Å². The van der Waals surface area contributed by atoms with E-state index in [2.05, 4.69) is 31.7 Å². The van der Waals surface area contributed by atoms with Gasteiger partial charge in [0.15, 0.2) is 5.78 Å². The molecule has 1 fully saturated rings. The number of carbonyl (C=O) groups is 1. The second kappa shape index (κ2) is 6.33. The smallest absolute Gasteiger partial charge is 0.164 e. The van der Waals surface area contributed by atoms with Gasteiger partial charge >= 0.3 is 0 Å². The van der Waals surface area contributed by atoms with Crippen molar-refractivity contribution in [3.63, 3.8) is 0 Å². The summed E-state index contributed by atoms with van der Waals surface area (Å²) in [5.74, 6) is 0.286. The van der Waals surface area contributed by atoms with Crippen LogP contribution in [0.15, 0.2) is 18.2 Å². The van der Waals surface area contributed by atoms with E-state index in [-0.39, 0.29) is 5.78 Å². The largest absolute Gasteiger partial charge is 0.300 e. The number of aryl methyl sites for hydroxylation is 2. The average molecular weight is 259 g/mol. The maximum Gasteiger partial charge on any atom is 0.164 e. The molecule has 1 saturated heterocycles. The van der Waals surface area contributed by atoms with Gasteiger partial charge in [0.2, 0.25) is 0 Å². The molecule has 1 atom stereocenters. The number of hydrogen-bond acceptors (Lipinski definition) is 2. The zero-order valence-corrected chi connectivity index (χ0v) is 12.4. The topological polar surface area (TPSA) is 20.3 Å². The molecule has 1 heterocycles. The number of rotatable bonds is 5. The van der Waals surface area contributed by atoms with E-state index in [0.717, 1.165) is 12.1 Å². The number of nitrogens with zero attached hydrogens (tertiary/aromatic N) is 1. The van der Waals surface area contributed by atoms with E-state index in [1.54, 1.807) is 0 Å². The summed E-state index contributed by atoms with van der Waals surface area (Å²) in [5.41, 5.74) is 3.23. The molecule has 2 nitrogen and oxygen atoms in total. The molecule has 0 aromatic heterocycles. The second-order valence-electron chi connectivity index (χ2n) is 5.79. The van der Waals surface area contributed by atoms with E-state index >= 15 is 0 Å². The Kier molecular flexibility index (Phi) is 4.76. The van der Waals surface area contributed by atoms with Crippen LogP contribution in [0.2, 0.25) is 0 Å². The Morgan fingerprint density at radius 3 is 2.58 bits per heavy atom. The molecule has 0 radical (unpaired) electrons. The van der Waals surface area contributed by atoms with Gasteiger partial charge in [-0.25, -0.2) is 0 Å². The van der Waals surface area contributed by atoms with Crippen LogP contribution in [0.5, 0.6) is 0 Å². The van der Waals surface area contributed by atoms with Gasteiger partial charge in [-0.1, -0.05) is 24.1 Å². The zero-order chi connectivity index (χ0) is 13.8. The molecule has 0 amide bonds. The lowest BCUT2D eigenvalue weighted by Crippen LogP contribution is -2.30. The van der Waals surface area contributed by atoms with Crippen LogP contribution in [-0.2, 0) is 0 Å². The van der Waals surface area contributed by atoms with E-state index in [1.807, 2.05) is 12.1 Å². The molecular weight excluding hydrogens is 234 g/mol. The highest BCUT2D eigenvalue weighted by atomic mass is 16.1. The Bertz CT molecular complexity index is 432.